The first-order chi connectivity index (χ1) is 25.9. The second-order valence-electron chi connectivity index (χ2n) is 16.4. The third-order valence-corrected chi connectivity index (χ3v) is 8.43. The average molecular weight is 797 g/mol. The number of amides is 1. The molecule has 1 aliphatic heterocycles. The first-order valence-electron chi connectivity index (χ1n) is 19.0. The molecule has 0 bridgehead atoms. The minimum atomic E-state index is -3.28. The van der Waals surface area contributed by atoms with Gasteiger partial charge in [0, 0.05) is 24.2 Å². The molecule has 1 heterocycles. The van der Waals surface area contributed by atoms with Crippen LogP contribution in [-0.4, -0.2) is 91.4 Å². The van der Waals surface area contributed by atoms with E-state index in [-0.39, 0.29) is 31.3 Å². The summed E-state index contributed by atoms with van der Waals surface area (Å²) in [5.41, 5.74) is 5.30. The van der Waals surface area contributed by atoms with Gasteiger partial charge in [0.1, 0.15) is 24.7 Å². The van der Waals surface area contributed by atoms with Crippen molar-refractivity contribution in [2.75, 3.05) is 39.2 Å². The molecular formula is C45H68N2O8S. The van der Waals surface area contributed by atoms with Gasteiger partial charge < -0.3 is 25.0 Å². The van der Waals surface area contributed by atoms with E-state index in [1.165, 1.54) is 24.7 Å². The molecule has 10 nitrogen and oxygen atoms in total. The maximum Gasteiger partial charge on any atom is 0.264 e. The molecule has 1 unspecified atom stereocenters. The molecule has 0 saturated carbocycles. The van der Waals surface area contributed by atoms with Crippen LogP contribution >= 0.6 is 0 Å². The standard InChI is InChI=1S/C27H30O4.C7H13NO.C6H13N.C5H12O3S/c1-3-24(29)19-31-26-15-11-23(12-16-26)27(20(2)21-7-5-4-6-8-21)22-9-13-25(14-10-22)30-18-17-28;1-5-6(9)8-7(2,3)4;1-6(2,3)7-4-5-7;1-5(2,3)8-9(4,6)7/h4-16,24,28-29H,3,17-19H2,1-2H3;5H,1H2,2-4H3,(H,8,9);4-5H2,1-3H3;1-4H3/b27-20-;;;. The van der Waals surface area contributed by atoms with Crippen molar-refractivity contribution >= 4 is 27.2 Å². The lowest BCUT2D eigenvalue weighted by Gasteiger charge is -2.18. The van der Waals surface area contributed by atoms with Gasteiger partial charge in [-0.2, -0.15) is 8.42 Å². The Labute approximate surface area is 337 Å². The molecule has 0 spiro atoms. The number of benzene rings is 3. The summed E-state index contributed by atoms with van der Waals surface area (Å²) in [6, 6.07) is 26.2. The van der Waals surface area contributed by atoms with Gasteiger partial charge in [0.2, 0.25) is 5.91 Å². The van der Waals surface area contributed by atoms with Gasteiger partial charge in [-0.25, -0.2) is 0 Å². The van der Waals surface area contributed by atoms with E-state index in [2.05, 4.69) is 60.8 Å². The zero-order chi connectivity index (χ0) is 42.7. The van der Waals surface area contributed by atoms with Gasteiger partial charge >= 0.3 is 0 Å². The summed E-state index contributed by atoms with van der Waals surface area (Å²) in [6.07, 6.45) is 2.52. The van der Waals surface area contributed by atoms with Crippen molar-refractivity contribution in [2.24, 2.45) is 0 Å². The molecule has 1 saturated heterocycles. The largest absolute Gasteiger partial charge is 0.491 e. The SMILES string of the molecule is C=CC(=O)NC(C)(C)C.CC(C)(C)N1CC1.CC(C)(C)OS(C)(=O)=O.CCC(O)COc1ccc(/C(=C(/C)c2ccccc2)c2ccc(OCCO)cc2)cc1. The summed E-state index contributed by atoms with van der Waals surface area (Å²) in [7, 11) is -3.28. The van der Waals surface area contributed by atoms with Crippen LogP contribution in [0.3, 0.4) is 0 Å². The zero-order valence-corrected chi connectivity index (χ0v) is 36.6. The molecule has 1 aliphatic rings. The topological polar surface area (TPSA) is 134 Å². The fraction of sp³-hybridized carbons (Fsp3) is 0.489. The van der Waals surface area contributed by atoms with E-state index in [0.29, 0.717) is 12.0 Å². The Kier molecular flexibility index (Phi) is 20.8. The summed E-state index contributed by atoms with van der Waals surface area (Å²) in [6.45, 7) is 28.2. The number of carbonyl (C=O) groups is 1. The predicted octanol–water partition coefficient (Wildman–Crippen LogP) is 8.14. The third-order valence-electron chi connectivity index (χ3n) is 7.62. The van der Waals surface area contributed by atoms with Gasteiger partial charge in [0.25, 0.3) is 10.1 Å². The Hall–Kier alpha value is -4.00. The van der Waals surface area contributed by atoms with Crippen LogP contribution in [0.5, 0.6) is 11.5 Å². The second kappa shape index (κ2) is 23.3. The van der Waals surface area contributed by atoms with E-state index < -0.39 is 21.8 Å². The van der Waals surface area contributed by atoms with E-state index in [9.17, 15) is 18.3 Å². The molecule has 0 aromatic heterocycles. The molecule has 0 aliphatic carbocycles. The highest BCUT2D eigenvalue weighted by molar-refractivity contribution is 7.86. The van der Waals surface area contributed by atoms with Gasteiger partial charge in [0.05, 0.1) is 24.6 Å². The number of allylic oxidation sites excluding steroid dienone is 1. The van der Waals surface area contributed by atoms with Gasteiger partial charge in [-0.3, -0.25) is 13.9 Å². The molecule has 3 N–H and O–H groups in total. The van der Waals surface area contributed by atoms with Crippen molar-refractivity contribution in [3.05, 3.63) is 108 Å². The molecule has 3 aromatic carbocycles. The summed E-state index contributed by atoms with van der Waals surface area (Å²) >= 11 is 0. The Balaban J connectivity index is 0.000000505. The van der Waals surface area contributed by atoms with Gasteiger partial charge in [-0.15, -0.1) is 0 Å². The van der Waals surface area contributed by atoms with Crippen LogP contribution in [0, 0.1) is 0 Å². The van der Waals surface area contributed by atoms with Gasteiger partial charge in [0.15, 0.2) is 0 Å². The molecule has 1 atom stereocenters. The van der Waals surface area contributed by atoms with Crippen LogP contribution in [-0.2, 0) is 19.1 Å². The number of rotatable bonds is 12. The van der Waals surface area contributed by atoms with Crippen molar-refractivity contribution in [2.45, 2.75) is 105 Å². The summed E-state index contributed by atoms with van der Waals surface area (Å²) in [5, 5.41) is 21.4. The van der Waals surface area contributed by atoms with E-state index in [1.54, 1.807) is 20.8 Å². The van der Waals surface area contributed by atoms with Crippen LogP contribution in [0.15, 0.2) is 91.5 Å². The number of hydrogen-bond acceptors (Lipinski definition) is 9. The van der Waals surface area contributed by atoms with Crippen LogP contribution in [0.25, 0.3) is 11.1 Å². The van der Waals surface area contributed by atoms with Crippen LogP contribution in [0.2, 0.25) is 0 Å². The number of nitrogens with one attached hydrogen (secondary N) is 1. The first-order valence-corrected chi connectivity index (χ1v) is 20.8. The highest BCUT2D eigenvalue weighted by atomic mass is 32.2. The van der Waals surface area contributed by atoms with Gasteiger partial charge in [-0.1, -0.05) is 68.1 Å². The van der Waals surface area contributed by atoms with Crippen LogP contribution in [0.1, 0.15) is 99.3 Å². The van der Waals surface area contributed by atoms with Crippen molar-refractivity contribution < 1.29 is 37.1 Å². The highest BCUT2D eigenvalue weighted by Gasteiger charge is 2.29. The van der Waals surface area contributed by atoms with Crippen molar-refractivity contribution in [3.8, 4) is 11.5 Å². The summed E-state index contributed by atoms with van der Waals surface area (Å²) in [5.74, 6) is 1.34. The lowest BCUT2D eigenvalue weighted by molar-refractivity contribution is -0.117. The van der Waals surface area contributed by atoms with E-state index in [1.807, 2.05) is 94.4 Å². The Morgan fingerprint density at radius 2 is 1.32 bits per heavy atom. The number of carbonyl (C=O) groups excluding carboxylic acids is 1. The lowest BCUT2D eigenvalue weighted by Crippen LogP contribution is -2.39. The minimum absolute atomic E-state index is 0.0102. The fourth-order valence-electron chi connectivity index (χ4n) is 4.94. The van der Waals surface area contributed by atoms with E-state index in [4.69, 9.17) is 14.6 Å². The molecule has 0 radical (unpaired) electrons. The molecule has 1 fully saturated rings. The third kappa shape index (κ3) is 22.5. The normalized spacial score (nSPS) is 13.8. The Bertz CT molecular complexity index is 1730. The van der Waals surface area contributed by atoms with Crippen LogP contribution < -0.4 is 14.8 Å². The average Bonchev–Trinajstić information content (AvgIpc) is 3.97. The molecule has 312 valence electrons. The number of aliphatic hydroxyl groups is 2. The monoisotopic (exact) mass is 796 g/mol. The quantitative estimate of drug-likeness (QED) is 0.0719. The van der Waals surface area contributed by atoms with E-state index >= 15 is 0 Å². The Morgan fingerprint density at radius 3 is 1.62 bits per heavy atom. The first kappa shape index (κ1) is 50.0. The lowest BCUT2D eigenvalue weighted by atomic mass is 9.90. The second-order valence-corrected chi connectivity index (χ2v) is 17.9. The molecule has 1 amide bonds. The summed E-state index contributed by atoms with van der Waals surface area (Å²) in [4.78, 5) is 13.0. The molecule has 11 heteroatoms. The van der Waals surface area contributed by atoms with Crippen molar-refractivity contribution in [3.63, 3.8) is 0 Å². The molecule has 4 rings (SSSR count). The number of aliphatic hydroxyl groups excluding tert-OH is 2. The van der Waals surface area contributed by atoms with Gasteiger partial charge in [-0.05, 0) is 134 Å². The Morgan fingerprint density at radius 1 is 0.839 bits per heavy atom. The number of nitrogens with zero attached hydrogens (tertiary/aromatic N) is 1. The fourth-order valence-corrected chi connectivity index (χ4v) is 5.85. The molecular weight excluding hydrogens is 729 g/mol. The van der Waals surface area contributed by atoms with Crippen molar-refractivity contribution in [1.82, 2.24) is 10.2 Å². The predicted molar refractivity (Wildman–Crippen MR) is 230 cm³/mol. The van der Waals surface area contributed by atoms with Crippen LogP contribution in [0.4, 0.5) is 0 Å². The maximum absolute atomic E-state index is 10.6. The molecule has 3 aromatic rings. The zero-order valence-electron chi connectivity index (χ0n) is 35.8. The molecule has 56 heavy (non-hydrogen) atoms. The number of hydrogen-bond donors (Lipinski definition) is 3. The highest BCUT2D eigenvalue weighted by Crippen LogP contribution is 2.34. The van der Waals surface area contributed by atoms with E-state index in [0.717, 1.165) is 40.0 Å². The van der Waals surface area contributed by atoms with Crippen molar-refractivity contribution in [1.29, 1.82) is 0 Å². The maximum atomic E-state index is 10.6. The smallest absolute Gasteiger partial charge is 0.264 e. The number of ether oxygens (including phenoxy) is 2. The summed E-state index contributed by atoms with van der Waals surface area (Å²) < 4.78 is 36.6. The minimum Gasteiger partial charge on any atom is -0.491 e.